The Bertz CT molecular complexity index is 675. The molecule has 5 heteroatoms. The number of likely N-dealkylation sites (N-methyl/N-ethyl adjacent to an activating group) is 1. The topological polar surface area (TPSA) is 60.2 Å². The summed E-state index contributed by atoms with van der Waals surface area (Å²) in [5, 5.41) is 7.66. The molecule has 3 N–H and O–H groups in total. The van der Waals surface area contributed by atoms with E-state index in [-0.39, 0.29) is 11.9 Å². The van der Waals surface area contributed by atoms with Crippen LogP contribution < -0.4 is 10.6 Å². The van der Waals surface area contributed by atoms with Crippen LogP contribution in [-0.2, 0) is 17.8 Å². The van der Waals surface area contributed by atoms with Crippen molar-refractivity contribution in [3.8, 4) is 0 Å². The van der Waals surface area contributed by atoms with Crippen molar-refractivity contribution >= 4 is 16.8 Å². The second-order valence-electron chi connectivity index (χ2n) is 6.08. The summed E-state index contributed by atoms with van der Waals surface area (Å²) in [7, 11) is 0. The van der Waals surface area contributed by atoms with Crippen molar-refractivity contribution in [1.29, 1.82) is 0 Å². The summed E-state index contributed by atoms with van der Waals surface area (Å²) in [6.45, 7) is 8.67. The summed E-state index contributed by atoms with van der Waals surface area (Å²) < 4.78 is 0. The number of rotatable bonds is 6. The molecule has 0 fully saturated rings. The first-order valence-electron chi connectivity index (χ1n) is 8.54. The smallest absolute Gasteiger partial charge is 0.237 e. The summed E-state index contributed by atoms with van der Waals surface area (Å²) in [6, 6.07) is 8.17. The zero-order valence-corrected chi connectivity index (χ0v) is 14.0. The van der Waals surface area contributed by atoms with Gasteiger partial charge >= 0.3 is 0 Å². The number of carbonyl (C=O) groups is 1. The minimum Gasteiger partial charge on any atom is -0.357 e. The fraction of sp³-hybridized carbons (Fsp3) is 0.500. The average Bonchev–Trinajstić information content (AvgIpc) is 2.96. The Labute approximate surface area is 137 Å². The molecular weight excluding hydrogens is 288 g/mol. The molecule has 1 aliphatic rings. The molecule has 2 aromatic rings. The number of nitrogens with zero attached hydrogens (tertiary/aromatic N) is 1. The highest BCUT2D eigenvalue weighted by Gasteiger charge is 2.26. The number of aromatic nitrogens is 1. The van der Waals surface area contributed by atoms with Crippen LogP contribution in [0.3, 0.4) is 0 Å². The van der Waals surface area contributed by atoms with Crippen molar-refractivity contribution in [2.45, 2.75) is 32.9 Å². The number of aromatic amines is 1. The Morgan fingerprint density at radius 1 is 1.30 bits per heavy atom. The molecule has 1 aromatic heterocycles. The van der Waals surface area contributed by atoms with E-state index in [1.807, 2.05) is 6.07 Å². The lowest BCUT2D eigenvalue weighted by atomic mass is 9.98. The molecule has 0 spiro atoms. The van der Waals surface area contributed by atoms with Crippen LogP contribution in [0.1, 0.15) is 25.1 Å². The average molecular weight is 314 g/mol. The van der Waals surface area contributed by atoms with Crippen LogP contribution in [0.15, 0.2) is 24.3 Å². The van der Waals surface area contributed by atoms with E-state index in [1.165, 1.54) is 16.6 Å². The minimum atomic E-state index is -0.140. The molecule has 0 bridgehead atoms. The third-order valence-electron chi connectivity index (χ3n) is 4.77. The Morgan fingerprint density at radius 3 is 2.87 bits per heavy atom. The van der Waals surface area contributed by atoms with Gasteiger partial charge in [-0.2, -0.15) is 0 Å². The van der Waals surface area contributed by atoms with Gasteiger partial charge in [-0.15, -0.1) is 0 Å². The largest absolute Gasteiger partial charge is 0.357 e. The zero-order chi connectivity index (χ0) is 16.2. The molecular formula is C18H26N4O. The summed E-state index contributed by atoms with van der Waals surface area (Å²) in [5.41, 5.74) is 3.64. The number of benzene rings is 1. The van der Waals surface area contributed by atoms with E-state index in [9.17, 15) is 4.79 Å². The third kappa shape index (κ3) is 3.41. The van der Waals surface area contributed by atoms with Crippen molar-refractivity contribution in [3.63, 3.8) is 0 Å². The molecule has 1 aliphatic heterocycles. The zero-order valence-electron chi connectivity index (χ0n) is 14.0. The molecule has 124 valence electrons. The van der Waals surface area contributed by atoms with Gasteiger partial charge in [0, 0.05) is 36.2 Å². The molecule has 0 aliphatic carbocycles. The first-order chi connectivity index (χ1) is 11.2. The molecule has 23 heavy (non-hydrogen) atoms. The number of H-pyrrole nitrogens is 1. The fourth-order valence-electron chi connectivity index (χ4n) is 3.33. The molecule has 0 saturated carbocycles. The Hall–Kier alpha value is -1.85. The Morgan fingerprint density at radius 2 is 2.09 bits per heavy atom. The predicted molar refractivity (Wildman–Crippen MR) is 93.4 cm³/mol. The SMILES string of the molecule is CCN(CC)CCNC(=O)[C@H]1Cc2c([nH]c3ccccc23)CN1. The van der Waals surface area contributed by atoms with Gasteiger partial charge < -0.3 is 15.2 Å². The van der Waals surface area contributed by atoms with Crippen molar-refractivity contribution in [2.75, 3.05) is 26.2 Å². The summed E-state index contributed by atoms with van der Waals surface area (Å²) in [6.07, 6.45) is 0.746. The Balaban J connectivity index is 1.61. The van der Waals surface area contributed by atoms with Crippen molar-refractivity contribution < 1.29 is 4.79 Å². The van der Waals surface area contributed by atoms with Gasteiger partial charge in [0.25, 0.3) is 0 Å². The molecule has 0 saturated heterocycles. The lowest BCUT2D eigenvalue weighted by molar-refractivity contribution is -0.123. The van der Waals surface area contributed by atoms with Gasteiger partial charge in [-0.3, -0.25) is 10.1 Å². The number of hydrogen-bond donors (Lipinski definition) is 3. The van der Waals surface area contributed by atoms with Gasteiger partial charge in [0.15, 0.2) is 0 Å². The van der Waals surface area contributed by atoms with Crippen molar-refractivity contribution in [2.24, 2.45) is 0 Å². The Kier molecular flexibility index (Phi) is 4.98. The number of hydrogen-bond acceptors (Lipinski definition) is 3. The lowest BCUT2D eigenvalue weighted by Gasteiger charge is -2.24. The lowest BCUT2D eigenvalue weighted by Crippen LogP contribution is -2.49. The molecule has 3 rings (SSSR count). The van der Waals surface area contributed by atoms with Crippen LogP contribution in [0.5, 0.6) is 0 Å². The highest BCUT2D eigenvalue weighted by Crippen LogP contribution is 2.26. The van der Waals surface area contributed by atoms with Crippen LogP contribution in [0.4, 0.5) is 0 Å². The monoisotopic (exact) mass is 314 g/mol. The molecule has 0 unspecified atom stereocenters. The van der Waals surface area contributed by atoms with Gasteiger partial charge in [-0.05, 0) is 31.1 Å². The second-order valence-corrected chi connectivity index (χ2v) is 6.08. The van der Waals surface area contributed by atoms with Crippen LogP contribution >= 0.6 is 0 Å². The maximum atomic E-state index is 12.4. The van der Waals surface area contributed by atoms with Crippen LogP contribution in [0.25, 0.3) is 10.9 Å². The quantitative estimate of drug-likeness (QED) is 0.760. The van der Waals surface area contributed by atoms with E-state index in [1.54, 1.807) is 0 Å². The maximum Gasteiger partial charge on any atom is 0.237 e. The van der Waals surface area contributed by atoms with Gasteiger partial charge in [0.2, 0.25) is 5.91 Å². The molecule has 5 nitrogen and oxygen atoms in total. The normalized spacial score (nSPS) is 17.4. The van der Waals surface area contributed by atoms with E-state index in [0.717, 1.165) is 38.1 Å². The van der Waals surface area contributed by atoms with E-state index < -0.39 is 0 Å². The predicted octanol–water partition coefficient (Wildman–Crippen LogP) is 1.64. The molecule has 0 radical (unpaired) electrons. The van der Waals surface area contributed by atoms with E-state index >= 15 is 0 Å². The highest BCUT2D eigenvalue weighted by molar-refractivity contribution is 5.88. The highest BCUT2D eigenvalue weighted by atomic mass is 16.2. The number of nitrogens with one attached hydrogen (secondary N) is 3. The van der Waals surface area contributed by atoms with Crippen LogP contribution in [0.2, 0.25) is 0 Å². The number of fused-ring (bicyclic) bond motifs is 3. The van der Waals surface area contributed by atoms with Gasteiger partial charge in [0.05, 0.1) is 6.04 Å². The molecule has 1 aromatic carbocycles. The first-order valence-corrected chi connectivity index (χ1v) is 8.54. The second kappa shape index (κ2) is 7.15. The number of amides is 1. The standard InChI is InChI=1S/C18H26N4O/c1-3-22(4-2)10-9-19-18(23)16-11-14-13-7-5-6-8-15(13)21-17(14)12-20-16/h5-8,16,20-21H,3-4,9-12H2,1-2H3,(H,19,23)/t16-/m1/s1. The summed E-state index contributed by atoms with van der Waals surface area (Å²) >= 11 is 0. The van der Waals surface area contributed by atoms with Crippen LogP contribution in [-0.4, -0.2) is 48.0 Å². The minimum absolute atomic E-state index is 0.105. The summed E-state index contributed by atoms with van der Waals surface area (Å²) in [5.74, 6) is 0.105. The molecule has 2 heterocycles. The number of carbonyl (C=O) groups excluding carboxylic acids is 1. The summed E-state index contributed by atoms with van der Waals surface area (Å²) in [4.78, 5) is 18.2. The van der Waals surface area contributed by atoms with E-state index in [2.05, 4.69) is 52.6 Å². The molecule has 1 amide bonds. The first kappa shape index (κ1) is 16.0. The molecule has 1 atom stereocenters. The third-order valence-corrected chi connectivity index (χ3v) is 4.77. The van der Waals surface area contributed by atoms with E-state index in [0.29, 0.717) is 6.54 Å². The fourth-order valence-corrected chi connectivity index (χ4v) is 3.33. The van der Waals surface area contributed by atoms with Gasteiger partial charge in [0.1, 0.15) is 0 Å². The van der Waals surface area contributed by atoms with Gasteiger partial charge in [-0.25, -0.2) is 0 Å². The van der Waals surface area contributed by atoms with Gasteiger partial charge in [-0.1, -0.05) is 32.0 Å². The van der Waals surface area contributed by atoms with Crippen LogP contribution in [0, 0.1) is 0 Å². The van der Waals surface area contributed by atoms with E-state index in [4.69, 9.17) is 0 Å². The van der Waals surface area contributed by atoms with Crippen molar-refractivity contribution in [3.05, 3.63) is 35.5 Å². The van der Waals surface area contributed by atoms with Crippen molar-refractivity contribution in [1.82, 2.24) is 20.5 Å². The number of para-hydroxylation sites is 1. The maximum absolute atomic E-state index is 12.4.